The minimum Gasteiger partial charge on any atom is -0.456 e. The van der Waals surface area contributed by atoms with Crippen LogP contribution in [-0.4, -0.2) is 24.7 Å². The number of sulfonamides is 1. The molecule has 0 spiro atoms. The van der Waals surface area contributed by atoms with Crippen LogP contribution in [0.5, 0.6) is 0 Å². The van der Waals surface area contributed by atoms with E-state index >= 15 is 0 Å². The second-order valence-corrected chi connectivity index (χ2v) is 10.3. The Hall–Kier alpha value is -2.96. The summed E-state index contributed by atoms with van der Waals surface area (Å²) in [6.45, 7) is 8.87. The maximum atomic E-state index is 14.1. The van der Waals surface area contributed by atoms with Crippen LogP contribution in [0.1, 0.15) is 47.8 Å². The number of rotatable bonds is 8. The Labute approximate surface area is 197 Å². The number of hydrogen-bond donors (Lipinski definition) is 0. The second kappa shape index (κ2) is 10.3. The molecular weight excluding hydrogens is 434 g/mol. The van der Waals surface area contributed by atoms with E-state index in [1.807, 2.05) is 93.6 Å². The third kappa shape index (κ3) is 5.70. The molecule has 0 aliphatic carbocycles. The quantitative estimate of drug-likeness (QED) is 0.412. The van der Waals surface area contributed by atoms with Crippen molar-refractivity contribution in [3.8, 4) is 0 Å². The van der Waals surface area contributed by atoms with Gasteiger partial charge in [0.15, 0.2) is 0 Å². The first kappa shape index (κ1) is 24.7. The second-order valence-electron chi connectivity index (χ2n) is 8.45. The van der Waals surface area contributed by atoms with Gasteiger partial charge >= 0.3 is 5.97 Å². The lowest BCUT2D eigenvalue weighted by atomic mass is 10.0. The lowest BCUT2D eigenvalue weighted by Crippen LogP contribution is -2.43. The van der Waals surface area contributed by atoms with Gasteiger partial charge in [-0.15, -0.1) is 0 Å². The van der Waals surface area contributed by atoms with Crippen molar-refractivity contribution in [2.24, 2.45) is 0 Å². The standard InChI is InChI=1S/C27H31NO4S/c1-19-16-20(2)27(21(3)17-19)33(30,31)28(18-24-12-8-6-9-13-24)22(4)26(32-23(5)29)25-14-10-7-11-15-25/h6-17,22,26H,18H2,1-5H3. The smallest absolute Gasteiger partial charge is 0.303 e. The molecule has 3 aromatic carbocycles. The van der Waals surface area contributed by atoms with E-state index in [2.05, 4.69) is 0 Å². The fourth-order valence-corrected chi connectivity index (χ4v) is 6.35. The van der Waals surface area contributed by atoms with E-state index in [0.717, 1.165) is 16.7 Å². The van der Waals surface area contributed by atoms with Crippen molar-refractivity contribution in [2.75, 3.05) is 0 Å². The summed E-state index contributed by atoms with van der Waals surface area (Å²) in [6.07, 6.45) is -0.756. The van der Waals surface area contributed by atoms with E-state index < -0.39 is 28.1 Å². The zero-order valence-electron chi connectivity index (χ0n) is 19.8. The van der Waals surface area contributed by atoms with Crippen molar-refractivity contribution in [1.82, 2.24) is 4.31 Å². The molecule has 33 heavy (non-hydrogen) atoms. The molecule has 2 unspecified atom stereocenters. The zero-order valence-corrected chi connectivity index (χ0v) is 20.6. The number of carbonyl (C=O) groups is 1. The summed E-state index contributed by atoms with van der Waals surface area (Å²) < 4.78 is 35.4. The van der Waals surface area contributed by atoms with Gasteiger partial charge in [-0.25, -0.2) is 8.42 Å². The van der Waals surface area contributed by atoms with Crippen molar-refractivity contribution in [1.29, 1.82) is 0 Å². The van der Waals surface area contributed by atoms with Gasteiger partial charge in [-0.05, 0) is 49.9 Å². The molecule has 174 valence electrons. The summed E-state index contributed by atoms with van der Waals surface area (Å²) in [5.41, 5.74) is 3.99. The Morgan fingerprint density at radius 2 is 1.42 bits per heavy atom. The molecule has 0 N–H and O–H groups in total. The molecule has 0 fully saturated rings. The molecule has 2 atom stereocenters. The monoisotopic (exact) mass is 465 g/mol. The maximum Gasteiger partial charge on any atom is 0.303 e. The van der Waals surface area contributed by atoms with Gasteiger partial charge in [0.25, 0.3) is 0 Å². The van der Waals surface area contributed by atoms with Gasteiger partial charge in [0.05, 0.1) is 10.9 Å². The average molecular weight is 466 g/mol. The fraction of sp³-hybridized carbons (Fsp3) is 0.296. The van der Waals surface area contributed by atoms with E-state index in [-0.39, 0.29) is 6.54 Å². The topological polar surface area (TPSA) is 63.7 Å². The van der Waals surface area contributed by atoms with Crippen molar-refractivity contribution in [3.05, 3.63) is 101 Å². The molecule has 0 heterocycles. The summed E-state index contributed by atoms with van der Waals surface area (Å²) in [6, 6.07) is 21.8. The lowest BCUT2D eigenvalue weighted by Gasteiger charge is -2.34. The van der Waals surface area contributed by atoms with Gasteiger partial charge in [-0.1, -0.05) is 78.4 Å². The van der Waals surface area contributed by atoms with Gasteiger partial charge in [-0.3, -0.25) is 4.79 Å². The molecule has 0 aliphatic heterocycles. The Morgan fingerprint density at radius 1 is 0.909 bits per heavy atom. The first-order chi connectivity index (χ1) is 15.6. The number of hydrogen-bond acceptors (Lipinski definition) is 4. The molecule has 6 heteroatoms. The minimum absolute atomic E-state index is 0.154. The molecule has 3 aromatic rings. The summed E-state index contributed by atoms with van der Waals surface area (Å²) in [5.74, 6) is -0.463. The number of ether oxygens (including phenoxy) is 1. The molecule has 5 nitrogen and oxygen atoms in total. The third-order valence-corrected chi connectivity index (χ3v) is 7.90. The van der Waals surface area contributed by atoms with Crippen molar-refractivity contribution < 1.29 is 17.9 Å². The lowest BCUT2D eigenvalue weighted by molar-refractivity contribution is -0.149. The molecule has 3 rings (SSSR count). The number of benzene rings is 3. The van der Waals surface area contributed by atoms with E-state index in [1.54, 1.807) is 6.92 Å². The van der Waals surface area contributed by atoms with Crippen LogP contribution in [0.3, 0.4) is 0 Å². The largest absolute Gasteiger partial charge is 0.456 e. The van der Waals surface area contributed by atoms with E-state index in [0.29, 0.717) is 16.0 Å². The van der Waals surface area contributed by atoms with Gasteiger partial charge < -0.3 is 4.74 Å². The Bertz CT molecular complexity index is 1180. The summed E-state index contributed by atoms with van der Waals surface area (Å²) in [5, 5.41) is 0. The molecule has 0 amide bonds. The molecular formula is C27H31NO4S. The molecule has 0 saturated carbocycles. The van der Waals surface area contributed by atoms with Gasteiger partial charge in [0.1, 0.15) is 6.10 Å². The van der Waals surface area contributed by atoms with E-state index in [4.69, 9.17) is 4.74 Å². The molecule has 0 saturated heterocycles. The SMILES string of the molecule is CC(=O)OC(c1ccccc1)C(C)N(Cc1ccccc1)S(=O)(=O)c1c(C)cc(C)cc1C. The van der Waals surface area contributed by atoms with Gasteiger partial charge in [0.2, 0.25) is 10.0 Å². The minimum atomic E-state index is -3.92. The Kier molecular flexibility index (Phi) is 7.72. The van der Waals surface area contributed by atoms with Crippen LogP contribution in [0.25, 0.3) is 0 Å². The third-order valence-electron chi connectivity index (χ3n) is 5.67. The molecule has 0 radical (unpaired) electrons. The van der Waals surface area contributed by atoms with Crippen LogP contribution in [0.4, 0.5) is 0 Å². The van der Waals surface area contributed by atoms with Crippen molar-refractivity contribution in [3.63, 3.8) is 0 Å². The van der Waals surface area contributed by atoms with Crippen LogP contribution in [0.2, 0.25) is 0 Å². The average Bonchev–Trinajstić information content (AvgIpc) is 2.75. The zero-order chi connectivity index (χ0) is 24.2. The normalized spacial score (nSPS) is 13.5. The number of aryl methyl sites for hydroxylation is 3. The highest BCUT2D eigenvalue weighted by atomic mass is 32.2. The highest BCUT2D eigenvalue weighted by molar-refractivity contribution is 7.89. The van der Waals surface area contributed by atoms with E-state index in [1.165, 1.54) is 11.2 Å². The fourth-order valence-electron chi connectivity index (χ4n) is 4.32. The van der Waals surface area contributed by atoms with Crippen LogP contribution >= 0.6 is 0 Å². The van der Waals surface area contributed by atoms with Crippen LogP contribution in [-0.2, 0) is 26.1 Å². The Morgan fingerprint density at radius 3 is 1.94 bits per heavy atom. The summed E-state index contributed by atoms with van der Waals surface area (Å²) in [7, 11) is -3.92. The van der Waals surface area contributed by atoms with Crippen LogP contribution < -0.4 is 0 Å². The molecule has 0 aliphatic rings. The predicted molar refractivity (Wildman–Crippen MR) is 130 cm³/mol. The summed E-state index contributed by atoms with van der Waals surface area (Å²) in [4.78, 5) is 12.3. The first-order valence-corrected chi connectivity index (χ1v) is 12.4. The highest BCUT2D eigenvalue weighted by Gasteiger charge is 2.37. The number of esters is 1. The Balaban J connectivity index is 2.15. The van der Waals surface area contributed by atoms with Crippen LogP contribution in [0.15, 0.2) is 77.7 Å². The van der Waals surface area contributed by atoms with Gasteiger partial charge in [-0.2, -0.15) is 4.31 Å². The molecule has 0 bridgehead atoms. The molecule has 0 aromatic heterocycles. The first-order valence-electron chi connectivity index (χ1n) is 11.0. The van der Waals surface area contributed by atoms with Crippen molar-refractivity contribution in [2.45, 2.75) is 58.2 Å². The van der Waals surface area contributed by atoms with Crippen molar-refractivity contribution >= 4 is 16.0 Å². The van der Waals surface area contributed by atoms with Gasteiger partial charge in [0, 0.05) is 13.5 Å². The maximum absolute atomic E-state index is 14.1. The summed E-state index contributed by atoms with van der Waals surface area (Å²) >= 11 is 0. The van der Waals surface area contributed by atoms with Crippen LogP contribution in [0, 0.1) is 20.8 Å². The highest BCUT2D eigenvalue weighted by Crippen LogP contribution is 2.33. The van der Waals surface area contributed by atoms with E-state index in [9.17, 15) is 13.2 Å². The predicted octanol–water partition coefficient (Wildman–Crippen LogP) is 5.50. The number of nitrogens with zero attached hydrogens (tertiary/aromatic N) is 1. The number of carbonyl (C=O) groups excluding carboxylic acids is 1.